The molecular formula is C15H21N5O. The van der Waals surface area contributed by atoms with Crippen LogP contribution in [0.3, 0.4) is 0 Å². The molecule has 6 nitrogen and oxygen atoms in total. The summed E-state index contributed by atoms with van der Waals surface area (Å²) in [6.45, 7) is 2.61. The summed E-state index contributed by atoms with van der Waals surface area (Å²) in [4.78, 5) is 10.3. The first-order valence-corrected chi connectivity index (χ1v) is 6.89. The zero-order chi connectivity index (χ0) is 15.2. The van der Waals surface area contributed by atoms with E-state index in [1.54, 1.807) is 0 Å². The Morgan fingerprint density at radius 1 is 1.19 bits per heavy atom. The zero-order valence-electron chi connectivity index (χ0n) is 12.6. The minimum atomic E-state index is 0.416. The van der Waals surface area contributed by atoms with E-state index in [1.807, 2.05) is 50.2 Å². The van der Waals surface area contributed by atoms with Crippen molar-refractivity contribution in [3.05, 3.63) is 30.6 Å². The van der Waals surface area contributed by atoms with Crippen LogP contribution < -0.4 is 20.7 Å². The second kappa shape index (κ2) is 6.78. The lowest BCUT2D eigenvalue weighted by Gasteiger charge is -2.14. The van der Waals surface area contributed by atoms with Gasteiger partial charge in [0.2, 0.25) is 5.88 Å². The zero-order valence-corrected chi connectivity index (χ0v) is 12.6. The number of nitrogen functional groups attached to an aromatic ring is 1. The molecule has 112 valence electrons. The highest BCUT2D eigenvalue weighted by Gasteiger charge is 2.09. The lowest BCUT2D eigenvalue weighted by Crippen LogP contribution is -2.08. The van der Waals surface area contributed by atoms with Crippen molar-refractivity contribution in [2.75, 3.05) is 36.7 Å². The summed E-state index contributed by atoms with van der Waals surface area (Å²) in [6, 6.07) is 8.00. The number of rotatable bonds is 6. The quantitative estimate of drug-likeness (QED) is 0.850. The topological polar surface area (TPSA) is 76.3 Å². The highest BCUT2D eigenvalue weighted by molar-refractivity contribution is 5.72. The lowest BCUT2D eigenvalue weighted by atomic mass is 10.2. The first kappa shape index (κ1) is 14.9. The van der Waals surface area contributed by atoms with Crippen LogP contribution in [0.5, 0.6) is 5.88 Å². The van der Waals surface area contributed by atoms with E-state index < -0.39 is 0 Å². The van der Waals surface area contributed by atoms with Crippen molar-refractivity contribution in [1.29, 1.82) is 0 Å². The largest absolute Gasteiger partial charge is 0.476 e. The maximum Gasteiger partial charge on any atom is 0.242 e. The van der Waals surface area contributed by atoms with Crippen molar-refractivity contribution >= 4 is 22.9 Å². The lowest BCUT2D eigenvalue weighted by molar-refractivity contribution is 0.307. The number of ether oxygens (including phenoxy) is 1. The van der Waals surface area contributed by atoms with Gasteiger partial charge in [-0.3, -0.25) is 0 Å². The molecule has 3 N–H and O–H groups in total. The number of nitrogens with zero attached hydrogens (tertiary/aromatic N) is 3. The van der Waals surface area contributed by atoms with Crippen LogP contribution in [0.25, 0.3) is 0 Å². The van der Waals surface area contributed by atoms with Crippen LogP contribution in [-0.2, 0) is 0 Å². The fourth-order valence-electron chi connectivity index (χ4n) is 1.77. The van der Waals surface area contributed by atoms with Gasteiger partial charge in [-0.1, -0.05) is 6.92 Å². The summed E-state index contributed by atoms with van der Waals surface area (Å²) >= 11 is 0. The van der Waals surface area contributed by atoms with E-state index in [0.29, 0.717) is 24.0 Å². The van der Waals surface area contributed by atoms with Gasteiger partial charge in [0.15, 0.2) is 5.82 Å². The number of nitrogens with two attached hydrogens (primary N) is 1. The third-order valence-corrected chi connectivity index (χ3v) is 2.94. The summed E-state index contributed by atoms with van der Waals surface area (Å²) in [5.41, 5.74) is 8.49. The van der Waals surface area contributed by atoms with Crippen LogP contribution in [0.4, 0.5) is 22.9 Å². The molecular weight excluding hydrogens is 266 g/mol. The van der Waals surface area contributed by atoms with Gasteiger partial charge in [-0.15, -0.1) is 0 Å². The Hall–Kier alpha value is -2.50. The molecule has 0 aliphatic heterocycles. The molecule has 0 bridgehead atoms. The summed E-state index contributed by atoms with van der Waals surface area (Å²) in [7, 11) is 4.00. The molecule has 0 atom stereocenters. The second-order valence-electron chi connectivity index (χ2n) is 4.86. The van der Waals surface area contributed by atoms with Gasteiger partial charge in [0.25, 0.3) is 0 Å². The van der Waals surface area contributed by atoms with Gasteiger partial charge in [-0.2, -0.15) is 4.98 Å². The number of benzene rings is 1. The van der Waals surface area contributed by atoms with Crippen LogP contribution in [0, 0.1) is 0 Å². The Bertz CT molecular complexity index is 583. The first-order valence-electron chi connectivity index (χ1n) is 6.89. The fraction of sp³-hybridized carbons (Fsp3) is 0.333. The van der Waals surface area contributed by atoms with Crippen molar-refractivity contribution in [3.8, 4) is 5.88 Å². The molecule has 0 spiro atoms. The molecule has 0 fully saturated rings. The van der Waals surface area contributed by atoms with E-state index in [4.69, 9.17) is 10.5 Å². The highest BCUT2D eigenvalue weighted by Crippen LogP contribution is 2.28. The normalized spacial score (nSPS) is 10.2. The van der Waals surface area contributed by atoms with Crippen molar-refractivity contribution in [2.45, 2.75) is 13.3 Å². The minimum absolute atomic E-state index is 0.416. The molecule has 2 aromatic rings. The fourth-order valence-corrected chi connectivity index (χ4v) is 1.77. The van der Waals surface area contributed by atoms with Crippen molar-refractivity contribution in [3.63, 3.8) is 0 Å². The van der Waals surface area contributed by atoms with Gasteiger partial charge in [0, 0.05) is 25.5 Å². The molecule has 1 aromatic carbocycles. The smallest absolute Gasteiger partial charge is 0.242 e. The number of aromatic nitrogens is 2. The molecule has 1 aromatic heterocycles. The van der Waals surface area contributed by atoms with E-state index in [1.165, 1.54) is 6.33 Å². The number of hydrogen-bond acceptors (Lipinski definition) is 6. The maximum atomic E-state index is 6.03. The molecule has 1 heterocycles. The Morgan fingerprint density at radius 2 is 1.90 bits per heavy atom. The SMILES string of the molecule is CCCOc1ncnc(Nc2ccc(N(C)C)cc2)c1N. The third kappa shape index (κ3) is 3.75. The molecule has 0 saturated carbocycles. The molecule has 0 unspecified atom stereocenters. The van der Waals surface area contributed by atoms with Crippen molar-refractivity contribution < 1.29 is 4.74 Å². The van der Waals surface area contributed by atoms with Crippen LogP contribution in [0.2, 0.25) is 0 Å². The summed E-state index contributed by atoms with van der Waals surface area (Å²) in [5.74, 6) is 0.966. The van der Waals surface area contributed by atoms with Crippen molar-refractivity contribution in [1.82, 2.24) is 9.97 Å². The third-order valence-electron chi connectivity index (χ3n) is 2.94. The molecule has 0 aliphatic carbocycles. The van der Waals surface area contributed by atoms with Gasteiger partial charge in [-0.25, -0.2) is 4.98 Å². The predicted octanol–water partition coefficient (Wildman–Crippen LogP) is 2.66. The molecule has 0 radical (unpaired) electrons. The number of anilines is 4. The van der Waals surface area contributed by atoms with E-state index in [9.17, 15) is 0 Å². The summed E-state index contributed by atoms with van der Waals surface area (Å²) < 4.78 is 5.49. The van der Waals surface area contributed by atoms with Crippen LogP contribution in [-0.4, -0.2) is 30.7 Å². The molecule has 6 heteroatoms. The number of hydrogen-bond donors (Lipinski definition) is 2. The monoisotopic (exact) mass is 287 g/mol. The van der Waals surface area contributed by atoms with Gasteiger partial charge >= 0.3 is 0 Å². The Labute approximate surface area is 125 Å². The van der Waals surface area contributed by atoms with Gasteiger partial charge in [0.05, 0.1) is 6.61 Å². The highest BCUT2D eigenvalue weighted by atomic mass is 16.5. The van der Waals surface area contributed by atoms with Gasteiger partial charge in [0.1, 0.15) is 12.0 Å². The Morgan fingerprint density at radius 3 is 2.52 bits per heavy atom. The van der Waals surface area contributed by atoms with E-state index in [2.05, 4.69) is 15.3 Å². The first-order chi connectivity index (χ1) is 10.1. The van der Waals surface area contributed by atoms with Crippen molar-refractivity contribution in [2.24, 2.45) is 0 Å². The summed E-state index contributed by atoms with van der Waals surface area (Å²) in [5, 5.41) is 3.18. The van der Waals surface area contributed by atoms with E-state index >= 15 is 0 Å². The molecule has 21 heavy (non-hydrogen) atoms. The van der Waals surface area contributed by atoms with Crippen LogP contribution in [0.15, 0.2) is 30.6 Å². The van der Waals surface area contributed by atoms with E-state index in [0.717, 1.165) is 17.8 Å². The second-order valence-corrected chi connectivity index (χ2v) is 4.86. The summed E-state index contributed by atoms with van der Waals surface area (Å²) in [6.07, 6.45) is 2.34. The van der Waals surface area contributed by atoms with Crippen LogP contribution >= 0.6 is 0 Å². The van der Waals surface area contributed by atoms with Gasteiger partial charge < -0.3 is 20.7 Å². The molecule has 0 amide bonds. The Kier molecular flexibility index (Phi) is 4.81. The van der Waals surface area contributed by atoms with Gasteiger partial charge in [-0.05, 0) is 30.7 Å². The predicted molar refractivity (Wildman–Crippen MR) is 86.3 cm³/mol. The van der Waals surface area contributed by atoms with E-state index in [-0.39, 0.29) is 0 Å². The minimum Gasteiger partial charge on any atom is -0.476 e. The molecule has 0 aliphatic rings. The average molecular weight is 287 g/mol. The standard InChI is InChI=1S/C15H21N5O/c1-4-9-21-15-13(16)14(17-10-18-15)19-11-5-7-12(8-6-11)20(2)3/h5-8,10H,4,9,16H2,1-3H3,(H,17,18,19). The molecule has 2 rings (SSSR count). The number of nitrogens with one attached hydrogen (secondary N) is 1. The van der Waals surface area contributed by atoms with Crippen LogP contribution in [0.1, 0.15) is 13.3 Å². The molecule has 0 saturated heterocycles. The maximum absolute atomic E-state index is 6.03. The Balaban J connectivity index is 2.15. The average Bonchev–Trinajstić information content (AvgIpc) is 2.49.